The topological polar surface area (TPSA) is 99.1 Å². The molecule has 0 saturated carbocycles. The second-order valence-electron chi connectivity index (χ2n) is 11.1. The lowest BCUT2D eigenvalue weighted by Crippen LogP contribution is -2.44. The Labute approximate surface area is 231 Å². The lowest BCUT2D eigenvalue weighted by Gasteiger charge is -2.35. The fourth-order valence-corrected chi connectivity index (χ4v) is 5.86. The van der Waals surface area contributed by atoms with Crippen LogP contribution >= 0.6 is 0 Å². The monoisotopic (exact) mass is 550 g/mol. The first-order valence-electron chi connectivity index (χ1n) is 13.1. The molecule has 2 aromatic heterocycles. The number of rotatable bonds is 7. The molecule has 208 valence electrons. The van der Waals surface area contributed by atoms with Crippen molar-refractivity contribution in [3.63, 3.8) is 0 Å². The molecule has 1 N–H and O–H groups in total. The van der Waals surface area contributed by atoms with E-state index in [0.29, 0.717) is 30.7 Å². The van der Waals surface area contributed by atoms with Gasteiger partial charge < -0.3 is 24.8 Å². The Kier molecular flexibility index (Phi) is 7.49. The highest BCUT2D eigenvalue weighted by Crippen LogP contribution is 2.43. The minimum absolute atomic E-state index is 0.318. The van der Waals surface area contributed by atoms with Gasteiger partial charge in [-0.3, -0.25) is 0 Å². The van der Waals surface area contributed by atoms with Gasteiger partial charge in [0, 0.05) is 90.6 Å². The standard InChI is InChI=1S/C28H38N8O2S/c1-20-16-21(10-11-23(20)35-14-12-34(3)13-15-35)30-27-29-17-22-26(32-27)36(18-28(22,2)19-38-4)25-9-7-8-24(31-25)33-39(5,6)37/h7-11,16-17H,12-15,18-19H2,1-6H3,(H,29,30,32). The molecule has 11 heteroatoms. The van der Waals surface area contributed by atoms with Gasteiger partial charge in [0.15, 0.2) is 5.82 Å². The molecule has 0 bridgehead atoms. The number of ether oxygens (including phenoxy) is 1. The van der Waals surface area contributed by atoms with Crippen molar-refractivity contribution >= 4 is 44.5 Å². The maximum atomic E-state index is 12.3. The number of piperazine rings is 1. The van der Waals surface area contributed by atoms with E-state index in [0.717, 1.165) is 43.2 Å². The summed E-state index contributed by atoms with van der Waals surface area (Å²) >= 11 is 0. The third kappa shape index (κ3) is 6.00. The molecule has 1 fully saturated rings. The van der Waals surface area contributed by atoms with Crippen molar-refractivity contribution in [2.45, 2.75) is 19.3 Å². The van der Waals surface area contributed by atoms with Crippen molar-refractivity contribution in [2.75, 3.05) is 81.1 Å². The Morgan fingerprint density at radius 2 is 1.90 bits per heavy atom. The Morgan fingerprint density at radius 1 is 1.13 bits per heavy atom. The highest BCUT2D eigenvalue weighted by molar-refractivity contribution is 7.92. The number of hydrogen-bond donors (Lipinski definition) is 1. The van der Waals surface area contributed by atoms with Crippen LogP contribution < -0.4 is 15.1 Å². The van der Waals surface area contributed by atoms with E-state index in [1.165, 1.54) is 11.3 Å². The molecule has 0 amide bonds. The summed E-state index contributed by atoms with van der Waals surface area (Å²) in [5.41, 5.74) is 4.10. The minimum atomic E-state index is -2.33. The van der Waals surface area contributed by atoms with Crippen LogP contribution in [0.5, 0.6) is 0 Å². The second-order valence-corrected chi connectivity index (χ2v) is 13.6. The number of aryl methyl sites for hydroxylation is 1. The van der Waals surface area contributed by atoms with Crippen LogP contribution in [0.4, 0.5) is 34.8 Å². The van der Waals surface area contributed by atoms with Crippen molar-refractivity contribution in [2.24, 2.45) is 4.36 Å². The number of methoxy groups -OCH3 is 1. The van der Waals surface area contributed by atoms with Crippen LogP contribution in [-0.2, 0) is 19.9 Å². The number of nitrogens with one attached hydrogen (secondary N) is 1. The molecule has 4 heterocycles. The van der Waals surface area contributed by atoms with Crippen molar-refractivity contribution in [1.82, 2.24) is 19.9 Å². The summed E-state index contributed by atoms with van der Waals surface area (Å²) in [6, 6.07) is 12.0. The van der Waals surface area contributed by atoms with E-state index in [4.69, 9.17) is 14.7 Å². The average Bonchev–Trinajstić information content (AvgIpc) is 3.16. The number of benzene rings is 1. The summed E-state index contributed by atoms with van der Waals surface area (Å²) in [7, 11) is 1.54. The molecule has 1 saturated heterocycles. The molecule has 39 heavy (non-hydrogen) atoms. The molecule has 3 aromatic rings. The number of nitrogens with zero attached hydrogens (tertiary/aromatic N) is 7. The molecule has 2 aliphatic heterocycles. The van der Waals surface area contributed by atoms with E-state index in [9.17, 15) is 4.21 Å². The van der Waals surface area contributed by atoms with Crippen LogP contribution in [0, 0.1) is 6.92 Å². The Hall–Kier alpha value is -3.28. The molecule has 0 radical (unpaired) electrons. The molecule has 2 aliphatic rings. The van der Waals surface area contributed by atoms with Gasteiger partial charge in [0.25, 0.3) is 0 Å². The first-order chi connectivity index (χ1) is 18.5. The number of fused-ring (bicyclic) bond motifs is 1. The van der Waals surface area contributed by atoms with Crippen molar-refractivity contribution in [3.8, 4) is 0 Å². The number of anilines is 5. The number of likely N-dealkylation sites (N-methyl/N-ethyl adjacent to an activating group) is 1. The van der Waals surface area contributed by atoms with Crippen molar-refractivity contribution in [3.05, 3.63) is 53.7 Å². The highest BCUT2D eigenvalue weighted by Gasteiger charge is 2.42. The zero-order valence-corrected chi connectivity index (χ0v) is 24.5. The van der Waals surface area contributed by atoms with Gasteiger partial charge in [0.2, 0.25) is 5.95 Å². The number of aromatic nitrogens is 3. The maximum absolute atomic E-state index is 12.3. The largest absolute Gasteiger partial charge is 0.384 e. The zero-order valence-electron chi connectivity index (χ0n) is 23.6. The quantitative estimate of drug-likeness (QED) is 0.466. The third-order valence-electron chi connectivity index (χ3n) is 7.25. The van der Waals surface area contributed by atoms with E-state index in [2.05, 4.69) is 68.5 Å². The van der Waals surface area contributed by atoms with E-state index in [-0.39, 0.29) is 5.41 Å². The summed E-state index contributed by atoms with van der Waals surface area (Å²) in [5, 5.41) is 3.40. The van der Waals surface area contributed by atoms with Gasteiger partial charge in [-0.2, -0.15) is 9.35 Å². The Bertz CT molecular complexity index is 1470. The van der Waals surface area contributed by atoms with E-state index in [1.807, 2.05) is 18.3 Å². The Balaban J connectivity index is 1.45. The van der Waals surface area contributed by atoms with Gasteiger partial charge in [-0.1, -0.05) is 13.0 Å². The molecular weight excluding hydrogens is 512 g/mol. The number of hydrogen-bond acceptors (Lipinski definition) is 10. The average molecular weight is 551 g/mol. The second kappa shape index (κ2) is 10.7. The van der Waals surface area contributed by atoms with Crippen molar-refractivity contribution in [1.29, 1.82) is 0 Å². The summed E-state index contributed by atoms with van der Waals surface area (Å²) in [6.07, 6.45) is 5.09. The molecule has 1 unspecified atom stereocenters. The third-order valence-corrected chi connectivity index (χ3v) is 7.88. The molecule has 10 nitrogen and oxygen atoms in total. The normalized spacial score (nSPS) is 19.7. The molecule has 0 aliphatic carbocycles. The smallest absolute Gasteiger partial charge is 0.229 e. The summed E-state index contributed by atoms with van der Waals surface area (Å²) in [6.45, 7) is 9.64. The molecule has 1 aromatic carbocycles. The van der Waals surface area contributed by atoms with Gasteiger partial charge in [-0.25, -0.2) is 14.2 Å². The first kappa shape index (κ1) is 27.3. The fraction of sp³-hybridized carbons (Fsp3) is 0.464. The van der Waals surface area contributed by atoms with Crippen molar-refractivity contribution < 1.29 is 8.95 Å². The SMILES string of the molecule is COCC1(C)CN(c2cccc(N=S(C)(C)=O)n2)c2nc(Nc3ccc(N4CCN(C)CC4)c(C)c3)ncc21. The summed E-state index contributed by atoms with van der Waals surface area (Å²) in [4.78, 5) is 21.2. The van der Waals surface area contributed by atoms with Crippen LogP contribution in [-0.4, -0.2) is 90.1 Å². The summed E-state index contributed by atoms with van der Waals surface area (Å²) in [5.74, 6) is 2.42. The van der Waals surface area contributed by atoms with Gasteiger partial charge in [-0.05, 0) is 49.9 Å². The lowest BCUT2D eigenvalue weighted by molar-refractivity contribution is 0.145. The maximum Gasteiger partial charge on any atom is 0.229 e. The van der Waals surface area contributed by atoms with Crippen LogP contribution in [0.2, 0.25) is 0 Å². The molecule has 5 rings (SSSR count). The van der Waals surface area contributed by atoms with E-state index < -0.39 is 9.73 Å². The van der Waals surface area contributed by atoms with Gasteiger partial charge in [0.05, 0.1) is 6.61 Å². The first-order valence-corrected chi connectivity index (χ1v) is 15.5. The highest BCUT2D eigenvalue weighted by atomic mass is 32.2. The zero-order chi connectivity index (χ0) is 27.8. The van der Waals surface area contributed by atoms with Crippen LogP contribution in [0.1, 0.15) is 18.1 Å². The van der Waals surface area contributed by atoms with Gasteiger partial charge in [0.1, 0.15) is 11.6 Å². The van der Waals surface area contributed by atoms with Crippen LogP contribution in [0.15, 0.2) is 47.0 Å². The molecule has 1 atom stereocenters. The predicted molar refractivity (Wildman–Crippen MR) is 159 cm³/mol. The number of pyridine rings is 1. The molecule has 0 spiro atoms. The van der Waals surface area contributed by atoms with E-state index in [1.54, 1.807) is 25.7 Å². The minimum Gasteiger partial charge on any atom is -0.384 e. The fourth-order valence-electron chi connectivity index (χ4n) is 5.31. The summed E-state index contributed by atoms with van der Waals surface area (Å²) < 4.78 is 22.1. The van der Waals surface area contributed by atoms with Crippen LogP contribution in [0.3, 0.4) is 0 Å². The van der Waals surface area contributed by atoms with E-state index >= 15 is 0 Å². The lowest BCUT2D eigenvalue weighted by atomic mass is 9.87. The van der Waals surface area contributed by atoms with Gasteiger partial charge >= 0.3 is 0 Å². The Morgan fingerprint density at radius 3 is 2.59 bits per heavy atom. The van der Waals surface area contributed by atoms with Crippen LogP contribution in [0.25, 0.3) is 0 Å². The predicted octanol–water partition coefficient (Wildman–Crippen LogP) is 4.09. The molecular formula is C28H38N8O2S. The van der Waals surface area contributed by atoms with Gasteiger partial charge in [-0.15, -0.1) is 0 Å².